The molecule has 0 aliphatic heterocycles. The molecule has 0 atom stereocenters. The number of amides is 1. The number of nitrogens with zero attached hydrogens (tertiary/aromatic N) is 3. The highest BCUT2D eigenvalue weighted by Crippen LogP contribution is 2.13. The van der Waals surface area contributed by atoms with Crippen LogP contribution in [-0.4, -0.2) is 39.0 Å². The minimum absolute atomic E-state index is 0.0128. The van der Waals surface area contributed by atoms with Crippen LogP contribution in [0.25, 0.3) is 0 Å². The Balaban J connectivity index is 2.30. The molecule has 0 saturated carbocycles. The maximum absolute atomic E-state index is 12.1. The molecule has 2 aromatic heterocycles. The molecule has 0 spiro atoms. The number of nitrogens with one attached hydrogen (secondary N) is 1. The zero-order valence-corrected chi connectivity index (χ0v) is 11.3. The molecule has 0 radical (unpaired) electrons. The zero-order chi connectivity index (χ0) is 15.4. The molecule has 2 rings (SSSR count). The van der Waals surface area contributed by atoms with Crippen molar-refractivity contribution in [3.63, 3.8) is 0 Å². The van der Waals surface area contributed by atoms with Crippen LogP contribution in [0, 0.1) is 6.92 Å². The van der Waals surface area contributed by atoms with Gasteiger partial charge in [-0.15, -0.1) is 0 Å². The zero-order valence-electron chi connectivity index (χ0n) is 11.3. The Morgan fingerprint density at radius 1 is 1.33 bits per heavy atom. The molecule has 0 saturated heterocycles. The van der Waals surface area contributed by atoms with Crippen molar-refractivity contribution in [3.05, 3.63) is 41.3 Å². The number of methoxy groups -OCH3 is 1. The topological polar surface area (TPSA) is 114 Å². The predicted molar refractivity (Wildman–Crippen MR) is 72.5 cm³/mol. The molecule has 2 N–H and O–H groups in total. The summed E-state index contributed by atoms with van der Waals surface area (Å²) in [5.41, 5.74) is 0.181. The summed E-state index contributed by atoms with van der Waals surface area (Å²) in [6.07, 6.45) is 1.33. The Kier molecular flexibility index (Phi) is 4.07. The first-order valence-electron chi connectivity index (χ1n) is 5.90. The van der Waals surface area contributed by atoms with Gasteiger partial charge in [0.1, 0.15) is 5.69 Å². The van der Waals surface area contributed by atoms with E-state index < -0.39 is 11.9 Å². The Hall–Kier alpha value is -3.03. The molecule has 8 nitrogen and oxygen atoms in total. The Bertz CT molecular complexity index is 702. The van der Waals surface area contributed by atoms with Gasteiger partial charge >= 0.3 is 5.97 Å². The number of aromatic carboxylic acids is 1. The number of rotatable bonds is 4. The Labute approximate surface area is 119 Å². The molecule has 0 unspecified atom stereocenters. The van der Waals surface area contributed by atoms with Gasteiger partial charge in [-0.2, -0.15) is 4.98 Å². The summed E-state index contributed by atoms with van der Waals surface area (Å²) in [5, 5.41) is 11.4. The fraction of sp³-hybridized carbons (Fsp3) is 0.154. The fourth-order valence-electron chi connectivity index (χ4n) is 1.62. The summed E-state index contributed by atoms with van der Waals surface area (Å²) < 4.78 is 4.97. The van der Waals surface area contributed by atoms with E-state index in [2.05, 4.69) is 20.3 Å². The first-order chi connectivity index (χ1) is 10.0. The van der Waals surface area contributed by atoms with Gasteiger partial charge in [-0.25, -0.2) is 9.78 Å². The van der Waals surface area contributed by atoms with Gasteiger partial charge in [-0.1, -0.05) is 0 Å². The summed E-state index contributed by atoms with van der Waals surface area (Å²) in [6.45, 7) is 1.71. The third-order valence-corrected chi connectivity index (χ3v) is 2.52. The van der Waals surface area contributed by atoms with E-state index in [9.17, 15) is 9.59 Å². The van der Waals surface area contributed by atoms with Crippen molar-refractivity contribution in [1.29, 1.82) is 0 Å². The highest BCUT2D eigenvalue weighted by Gasteiger charge is 2.18. The first kappa shape index (κ1) is 14.4. The monoisotopic (exact) mass is 288 g/mol. The quantitative estimate of drug-likeness (QED) is 0.866. The number of hydrogen-bond donors (Lipinski definition) is 2. The number of carbonyl (C=O) groups is 2. The van der Waals surface area contributed by atoms with Crippen molar-refractivity contribution in [2.75, 3.05) is 12.4 Å². The highest BCUT2D eigenvalue weighted by molar-refractivity contribution is 6.08. The van der Waals surface area contributed by atoms with E-state index in [0.717, 1.165) is 0 Å². The molecular weight excluding hydrogens is 276 g/mol. The van der Waals surface area contributed by atoms with Crippen molar-refractivity contribution in [2.45, 2.75) is 6.92 Å². The molecule has 8 heteroatoms. The summed E-state index contributed by atoms with van der Waals surface area (Å²) >= 11 is 0. The maximum atomic E-state index is 12.1. The van der Waals surface area contributed by atoms with Crippen LogP contribution in [-0.2, 0) is 0 Å². The van der Waals surface area contributed by atoms with Gasteiger partial charge in [0.2, 0.25) is 11.8 Å². The molecule has 1 amide bonds. The first-order valence-corrected chi connectivity index (χ1v) is 5.90. The molecule has 0 aliphatic rings. The van der Waals surface area contributed by atoms with Gasteiger partial charge in [-0.05, 0) is 19.1 Å². The van der Waals surface area contributed by atoms with Crippen molar-refractivity contribution in [2.24, 2.45) is 0 Å². The van der Waals surface area contributed by atoms with Gasteiger partial charge < -0.3 is 9.84 Å². The van der Waals surface area contributed by atoms with E-state index in [-0.39, 0.29) is 23.1 Å². The smallest absolute Gasteiger partial charge is 0.338 e. The lowest BCUT2D eigenvalue weighted by Crippen LogP contribution is -2.19. The van der Waals surface area contributed by atoms with E-state index in [0.29, 0.717) is 5.69 Å². The molecule has 2 aromatic rings. The van der Waals surface area contributed by atoms with Crippen LogP contribution >= 0.6 is 0 Å². The third kappa shape index (κ3) is 3.30. The van der Waals surface area contributed by atoms with Gasteiger partial charge in [0.05, 0.1) is 12.7 Å². The maximum Gasteiger partial charge on any atom is 0.338 e. The number of hydrogen-bond acceptors (Lipinski definition) is 6. The number of carboxylic acids is 1. The summed E-state index contributed by atoms with van der Waals surface area (Å²) in [6, 6.07) is 4.33. The van der Waals surface area contributed by atoms with Crippen molar-refractivity contribution in [1.82, 2.24) is 15.0 Å². The SMILES string of the molecule is COc1cc(C)nc(NC(=O)c2ncccc2C(=O)O)n1. The van der Waals surface area contributed by atoms with E-state index in [1.54, 1.807) is 13.0 Å². The number of carboxylic acid groups (broad SMARTS) is 1. The number of aryl methyl sites for hydroxylation is 1. The standard InChI is InChI=1S/C13H12N4O4/c1-7-6-9(21-2)16-13(15-7)17-11(18)10-8(12(19)20)4-3-5-14-10/h3-6H,1-2H3,(H,19,20)(H,15,16,17,18). The van der Waals surface area contributed by atoms with E-state index in [1.807, 2.05) is 0 Å². The number of carbonyl (C=O) groups excluding carboxylic acids is 1. The second kappa shape index (κ2) is 5.95. The molecule has 21 heavy (non-hydrogen) atoms. The second-order valence-electron chi connectivity index (χ2n) is 4.03. The molecule has 0 aliphatic carbocycles. The average molecular weight is 288 g/mol. The van der Waals surface area contributed by atoms with Crippen LogP contribution in [0.3, 0.4) is 0 Å². The number of ether oxygens (including phenoxy) is 1. The third-order valence-electron chi connectivity index (χ3n) is 2.52. The second-order valence-corrected chi connectivity index (χ2v) is 4.03. The fourth-order valence-corrected chi connectivity index (χ4v) is 1.62. The van der Waals surface area contributed by atoms with E-state index in [4.69, 9.17) is 9.84 Å². The normalized spacial score (nSPS) is 10.0. The van der Waals surface area contributed by atoms with Gasteiger partial charge in [0.25, 0.3) is 5.91 Å². The van der Waals surface area contributed by atoms with E-state index >= 15 is 0 Å². The minimum atomic E-state index is -1.24. The van der Waals surface area contributed by atoms with Crippen LogP contribution in [0.1, 0.15) is 26.5 Å². The van der Waals surface area contributed by atoms with Gasteiger partial charge in [-0.3, -0.25) is 15.1 Å². The Morgan fingerprint density at radius 2 is 2.10 bits per heavy atom. The molecule has 0 aromatic carbocycles. The minimum Gasteiger partial charge on any atom is -0.481 e. The van der Waals surface area contributed by atoms with Crippen LogP contribution in [0.4, 0.5) is 5.95 Å². The van der Waals surface area contributed by atoms with Gasteiger partial charge in [0.15, 0.2) is 0 Å². The average Bonchev–Trinajstić information content (AvgIpc) is 2.46. The van der Waals surface area contributed by atoms with Crippen LogP contribution in [0.5, 0.6) is 5.88 Å². The molecular formula is C13H12N4O4. The van der Waals surface area contributed by atoms with Crippen LogP contribution in [0.15, 0.2) is 24.4 Å². The predicted octanol–water partition coefficient (Wildman–Crippen LogP) is 1.14. The lowest BCUT2D eigenvalue weighted by Gasteiger charge is -2.07. The van der Waals surface area contributed by atoms with Gasteiger partial charge in [0, 0.05) is 18.0 Å². The lowest BCUT2D eigenvalue weighted by atomic mass is 10.2. The van der Waals surface area contributed by atoms with E-state index in [1.165, 1.54) is 25.4 Å². The molecule has 0 fully saturated rings. The highest BCUT2D eigenvalue weighted by atomic mass is 16.5. The lowest BCUT2D eigenvalue weighted by molar-refractivity contribution is 0.0691. The molecule has 2 heterocycles. The number of anilines is 1. The number of pyridine rings is 1. The van der Waals surface area contributed by atoms with Crippen LogP contribution < -0.4 is 10.1 Å². The summed E-state index contributed by atoms with van der Waals surface area (Å²) in [7, 11) is 1.44. The molecule has 108 valence electrons. The Morgan fingerprint density at radius 3 is 2.76 bits per heavy atom. The van der Waals surface area contributed by atoms with Crippen molar-refractivity contribution < 1.29 is 19.4 Å². The largest absolute Gasteiger partial charge is 0.481 e. The van der Waals surface area contributed by atoms with Crippen LogP contribution in [0.2, 0.25) is 0 Å². The number of aromatic nitrogens is 3. The molecule has 0 bridgehead atoms. The summed E-state index contributed by atoms with van der Waals surface area (Å²) in [5.74, 6) is -1.65. The van der Waals surface area contributed by atoms with Crippen molar-refractivity contribution >= 4 is 17.8 Å². The summed E-state index contributed by atoms with van der Waals surface area (Å²) in [4.78, 5) is 34.9. The van der Waals surface area contributed by atoms with Crippen molar-refractivity contribution in [3.8, 4) is 5.88 Å².